The maximum atomic E-state index is 12.8. The number of halogens is 1. The van der Waals surface area contributed by atoms with Gasteiger partial charge in [0.2, 0.25) is 0 Å². The Morgan fingerprint density at radius 1 is 1.15 bits per heavy atom. The van der Waals surface area contributed by atoms with Crippen molar-refractivity contribution in [2.45, 2.75) is 19.0 Å². The summed E-state index contributed by atoms with van der Waals surface area (Å²) >= 11 is 6.20. The lowest BCUT2D eigenvalue weighted by atomic mass is 10.2. The van der Waals surface area contributed by atoms with E-state index in [1.807, 2.05) is 6.07 Å². The summed E-state index contributed by atoms with van der Waals surface area (Å²) in [5.74, 6) is 0.541. The Morgan fingerprint density at radius 2 is 1.96 bits per heavy atom. The van der Waals surface area contributed by atoms with Gasteiger partial charge >= 0.3 is 0 Å². The van der Waals surface area contributed by atoms with Crippen molar-refractivity contribution in [1.82, 2.24) is 24.6 Å². The van der Waals surface area contributed by atoms with Crippen molar-refractivity contribution < 1.29 is 8.42 Å². The maximum Gasteiger partial charge on any atom is 0.299 e. The molecule has 0 atom stereocenters. The molecule has 26 heavy (non-hydrogen) atoms. The Bertz CT molecular complexity index is 1270. The Balaban J connectivity index is 1.84. The van der Waals surface area contributed by atoms with Crippen LogP contribution in [-0.2, 0) is 10.0 Å². The molecule has 1 N–H and O–H groups in total. The van der Waals surface area contributed by atoms with Gasteiger partial charge in [0.05, 0.1) is 16.2 Å². The quantitative estimate of drug-likeness (QED) is 0.579. The van der Waals surface area contributed by atoms with E-state index in [0.29, 0.717) is 17.0 Å². The van der Waals surface area contributed by atoms with E-state index in [0.717, 1.165) is 11.1 Å². The van der Waals surface area contributed by atoms with Crippen LogP contribution in [0.3, 0.4) is 0 Å². The van der Waals surface area contributed by atoms with Crippen LogP contribution in [0.25, 0.3) is 16.6 Å². The van der Waals surface area contributed by atoms with E-state index in [1.165, 1.54) is 4.52 Å². The SMILES string of the molecule is Cc1cc2nc(S(=O)(=O)Nc3c(Cl)ccc4cccnc34)nn2c(C)n1. The number of rotatable bonds is 3. The highest BCUT2D eigenvalue weighted by Gasteiger charge is 2.24. The molecule has 0 bridgehead atoms. The molecule has 0 saturated heterocycles. The topological polar surface area (TPSA) is 102 Å². The van der Waals surface area contributed by atoms with Crippen LogP contribution in [-0.4, -0.2) is 33.0 Å². The van der Waals surface area contributed by atoms with Crippen LogP contribution in [0.2, 0.25) is 5.02 Å². The number of aryl methyl sites for hydroxylation is 2. The average Bonchev–Trinajstić information content (AvgIpc) is 3.03. The van der Waals surface area contributed by atoms with E-state index in [9.17, 15) is 8.42 Å². The van der Waals surface area contributed by atoms with Crippen molar-refractivity contribution in [3.63, 3.8) is 0 Å². The van der Waals surface area contributed by atoms with Gasteiger partial charge in [0, 0.05) is 23.3 Å². The molecule has 132 valence electrons. The van der Waals surface area contributed by atoms with Crippen LogP contribution in [0.1, 0.15) is 11.5 Å². The first-order valence-electron chi connectivity index (χ1n) is 7.62. The lowest BCUT2D eigenvalue weighted by Crippen LogP contribution is -2.15. The highest BCUT2D eigenvalue weighted by molar-refractivity contribution is 7.92. The van der Waals surface area contributed by atoms with Crippen molar-refractivity contribution in [1.29, 1.82) is 0 Å². The van der Waals surface area contributed by atoms with Crippen molar-refractivity contribution in [2.75, 3.05) is 4.72 Å². The van der Waals surface area contributed by atoms with Crippen LogP contribution >= 0.6 is 11.6 Å². The predicted octanol–water partition coefficient (Wildman–Crippen LogP) is 2.74. The number of anilines is 1. The molecule has 0 unspecified atom stereocenters. The largest absolute Gasteiger partial charge is 0.299 e. The lowest BCUT2D eigenvalue weighted by Gasteiger charge is -2.09. The number of nitrogens with one attached hydrogen (secondary N) is 1. The molecule has 4 rings (SSSR count). The number of aromatic nitrogens is 5. The Morgan fingerprint density at radius 3 is 2.77 bits per heavy atom. The number of benzene rings is 1. The number of fused-ring (bicyclic) bond motifs is 2. The highest BCUT2D eigenvalue weighted by atomic mass is 35.5. The summed E-state index contributed by atoms with van der Waals surface area (Å²) in [4.78, 5) is 12.6. The summed E-state index contributed by atoms with van der Waals surface area (Å²) in [6, 6.07) is 8.61. The fourth-order valence-electron chi connectivity index (χ4n) is 2.67. The minimum Gasteiger partial charge on any atom is -0.273 e. The number of hydrogen-bond donors (Lipinski definition) is 1. The van der Waals surface area contributed by atoms with Gasteiger partial charge in [-0.1, -0.05) is 23.7 Å². The smallest absolute Gasteiger partial charge is 0.273 e. The van der Waals surface area contributed by atoms with Crippen molar-refractivity contribution in [2.24, 2.45) is 0 Å². The number of nitrogens with zero attached hydrogens (tertiary/aromatic N) is 5. The monoisotopic (exact) mass is 388 g/mol. The molecule has 0 amide bonds. The molecular formula is C16H13ClN6O2S. The van der Waals surface area contributed by atoms with Gasteiger partial charge < -0.3 is 0 Å². The van der Waals surface area contributed by atoms with E-state index >= 15 is 0 Å². The summed E-state index contributed by atoms with van der Waals surface area (Å²) in [5.41, 5.74) is 1.76. The molecular weight excluding hydrogens is 376 g/mol. The predicted molar refractivity (Wildman–Crippen MR) is 97.8 cm³/mol. The van der Waals surface area contributed by atoms with Crippen LogP contribution in [0.5, 0.6) is 0 Å². The number of hydrogen-bond acceptors (Lipinski definition) is 6. The molecule has 0 saturated carbocycles. The second-order valence-corrected chi connectivity index (χ2v) is 7.70. The summed E-state index contributed by atoms with van der Waals surface area (Å²) in [5, 5.41) is 4.69. The van der Waals surface area contributed by atoms with Gasteiger partial charge in [-0.15, -0.1) is 5.10 Å². The summed E-state index contributed by atoms with van der Waals surface area (Å²) < 4.78 is 29.5. The first-order chi connectivity index (χ1) is 12.3. The average molecular weight is 389 g/mol. The lowest BCUT2D eigenvalue weighted by molar-refractivity contribution is 0.592. The van der Waals surface area contributed by atoms with E-state index in [1.54, 1.807) is 44.3 Å². The van der Waals surface area contributed by atoms with Gasteiger partial charge in [0.25, 0.3) is 15.2 Å². The van der Waals surface area contributed by atoms with Crippen LogP contribution < -0.4 is 4.72 Å². The fraction of sp³-hybridized carbons (Fsp3) is 0.125. The van der Waals surface area contributed by atoms with E-state index < -0.39 is 10.0 Å². The van der Waals surface area contributed by atoms with E-state index in [4.69, 9.17) is 11.6 Å². The molecule has 10 heteroatoms. The van der Waals surface area contributed by atoms with Gasteiger partial charge in [-0.2, -0.15) is 17.9 Å². The third kappa shape index (κ3) is 2.74. The molecule has 0 aliphatic heterocycles. The molecule has 3 heterocycles. The van der Waals surface area contributed by atoms with Crippen LogP contribution in [0, 0.1) is 13.8 Å². The normalized spacial score (nSPS) is 12.0. The van der Waals surface area contributed by atoms with Crippen LogP contribution in [0.15, 0.2) is 41.7 Å². The molecule has 0 aliphatic carbocycles. The first kappa shape index (κ1) is 16.7. The summed E-state index contributed by atoms with van der Waals surface area (Å²) in [7, 11) is -4.06. The van der Waals surface area contributed by atoms with Gasteiger partial charge in [0.15, 0.2) is 5.65 Å². The van der Waals surface area contributed by atoms with Crippen molar-refractivity contribution in [3.05, 3.63) is 53.1 Å². The minimum absolute atomic E-state index is 0.189. The second-order valence-electron chi connectivity index (χ2n) is 5.71. The third-order valence-electron chi connectivity index (χ3n) is 3.80. The zero-order chi connectivity index (χ0) is 18.5. The fourth-order valence-corrected chi connectivity index (χ4v) is 3.89. The maximum absolute atomic E-state index is 12.8. The van der Waals surface area contributed by atoms with Gasteiger partial charge in [-0.25, -0.2) is 4.98 Å². The molecule has 0 spiro atoms. The Labute approximate surface area is 153 Å². The highest BCUT2D eigenvalue weighted by Crippen LogP contribution is 2.31. The molecule has 3 aromatic heterocycles. The van der Waals surface area contributed by atoms with Gasteiger partial charge in [-0.05, 0) is 26.0 Å². The second kappa shape index (κ2) is 5.89. The molecule has 4 aromatic rings. The minimum atomic E-state index is -4.06. The Kier molecular flexibility index (Phi) is 3.78. The van der Waals surface area contributed by atoms with Crippen molar-refractivity contribution in [3.8, 4) is 0 Å². The summed E-state index contributed by atoms with van der Waals surface area (Å²) in [6.45, 7) is 3.53. The number of pyridine rings is 1. The molecule has 0 aliphatic rings. The zero-order valence-electron chi connectivity index (χ0n) is 13.8. The zero-order valence-corrected chi connectivity index (χ0v) is 15.4. The van der Waals surface area contributed by atoms with E-state index in [2.05, 4.69) is 24.8 Å². The summed E-state index contributed by atoms with van der Waals surface area (Å²) in [6.07, 6.45) is 1.57. The third-order valence-corrected chi connectivity index (χ3v) is 5.24. The van der Waals surface area contributed by atoms with Gasteiger partial charge in [-0.3, -0.25) is 9.71 Å². The standard InChI is InChI=1S/C16H13ClN6O2S/c1-9-8-13-20-16(21-23(13)10(2)19-9)26(24,25)22-15-12(17)6-5-11-4-3-7-18-14(11)15/h3-8,22H,1-2H3. The van der Waals surface area contributed by atoms with Crippen molar-refractivity contribution >= 4 is 43.9 Å². The molecule has 0 radical (unpaired) electrons. The number of sulfonamides is 1. The molecule has 1 aromatic carbocycles. The van der Waals surface area contributed by atoms with Gasteiger partial charge in [0.1, 0.15) is 5.82 Å². The molecule has 8 nitrogen and oxygen atoms in total. The van der Waals surface area contributed by atoms with Crippen LogP contribution in [0.4, 0.5) is 5.69 Å². The first-order valence-corrected chi connectivity index (χ1v) is 9.48. The Hall–Kier alpha value is -2.78. The molecule has 0 fully saturated rings. The van der Waals surface area contributed by atoms with E-state index in [-0.39, 0.29) is 15.9 Å².